The number of anilines is 3. The van der Waals surface area contributed by atoms with Crippen LogP contribution in [0.25, 0.3) is 0 Å². The summed E-state index contributed by atoms with van der Waals surface area (Å²) in [4.78, 5) is 8.47. The van der Waals surface area contributed by atoms with Crippen molar-refractivity contribution in [1.29, 1.82) is 5.41 Å². The zero-order valence-electron chi connectivity index (χ0n) is 11.8. The van der Waals surface area contributed by atoms with E-state index >= 15 is 0 Å². The molecule has 0 atom stereocenters. The summed E-state index contributed by atoms with van der Waals surface area (Å²) in [5.74, 6) is 0.690. The van der Waals surface area contributed by atoms with Crippen LogP contribution in [-0.2, 0) is 0 Å². The zero-order chi connectivity index (χ0) is 15.4. The van der Waals surface area contributed by atoms with Gasteiger partial charge in [-0.15, -0.1) is 0 Å². The van der Waals surface area contributed by atoms with Crippen LogP contribution in [0.1, 0.15) is 11.1 Å². The third-order valence-corrected chi connectivity index (χ3v) is 3.18. The van der Waals surface area contributed by atoms with Gasteiger partial charge in [0.2, 0.25) is 5.95 Å². The highest BCUT2D eigenvalue weighted by atomic mass is 15.1. The zero-order valence-corrected chi connectivity index (χ0v) is 11.8. The van der Waals surface area contributed by atoms with Crippen molar-refractivity contribution in [2.24, 2.45) is 0 Å². The number of hydrogen-bond acceptors (Lipinski definition) is 5. The molecule has 0 saturated heterocycles. The molecule has 0 aliphatic rings. The van der Waals surface area contributed by atoms with Crippen molar-refractivity contribution in [3.8, 4) is 0 Å². The van der Waals surface area contributed by atoms with E-state index in [0.717, 1.165) is 11.3 Å². The third-order valence-electron chi connectivity index (χ3n) is 3.18. The van der Waals surface area contributed by atoms with Gasteiger partial charge in [0.05, 0.1) is 11.3 Å². The fraction of sp³-hybridized carbons (Fsp3) is 0. The van der Waals surface area contributed by atoms with Gasteiger partial charge in [-0.3, -0.25) is 5.41 Å². The van der Waals surface area contributed by atoms with E-state index < -0.39 is 0 Å². The predicted octanol–water partition coefficient (Wildman–Crippen LogP) is 3.22. The van der Waals surface area contributed by atoms with Crippen LogP contribution in [0.15, 0.2) is 66.9 Å². The van der Waals surface area contributed by atoms with Crippen molar-refractivity contribution in [2.75, 3.05) is 11.1 Å². The van der Waals surface area contributed by atoms with Crippen LogP contribution in [-0.4, -0.2) is 15.7 Å². The maximum atomic E-state index is 8.22. The maximum Gasteiger partial charge on any atom is 0.229 e. The lowest BCUT2D eigenvalue weighted by atomic mass is 10.0. The average Bonchev–Trinajstić information content (AvgIpc) is 2.56. The van der Waals surface area contributed by atoms with Crippen LogP contribution in [0.4, 0.5) is 17.5 Å². The Hall–Kier alpha value is -3.21. The summed E-state index contributed by atoms with van der Waals surface area (Å²) >= 11 is 0. The van der Waals surface area contributed by atoms with E-state index in [1.54, 1.807) is 6.20 Å². The Morgan fingerprint density at radius 1 is 0.955 bits per heavy atom. The van der Waals surface area contributed by atoms with Gasteiger partial charge in [-0.1, -0.05) is 48.5 Å². The van der Waals surface area contributed by atoms with Crippen LogP contribution in [0, 0.1) is 5.41 Å². The van der Waals surface area contributed by atoms with E-state index in [1.807, 2.05) is 60.7 Å². The second-order valence-corrected chi connectivity index (χ2v) is 4.72. The predicted molar refractivity (Wildman–Crippen MR) is 88.5 cm³/mol. The number of nitrogens with two attached hydrogens (primary N) is 1. The molecule has 0 aliphatic heterocycles. The van der Waals surface area contributed by atoms with Crippen molar-refractivity contribution >= 4 is 23.2 Å². The van der Waals surface area contributed by atoms with Gasteiger partial charge in [0.25, 0.3) is 0 Å². The van der Waals surface area contributed by atoms with E-state index in [1.165, 1.54) is 0 Å². The van der Waals surface area contributed by atoms with E-state index in [-0.39, 0.29) is 5.82 Å². The van der Waals surface area contributed by atoms with Crippen LogP contribution in [0.3, 0.4) is 0 Å². The van der Waals surface area contributed by atoms with Crippen LogP contribution >= 0.6 is 0 Å². The number of benzene rings is 2. The molecule has 22 heavy (non-hydrogen) atoms. The molecule has 2 aromatic carbocycles. The lowest BCUT2D eigenvalue weighted by Gasteiger charge is -2.09. The SMILES string of the molecule is N=C(c1ccccc1)c1cnc(Nc2ccccc2)nc1N. The van der Waals surface area contributed by atoms with Gasteiger partial charge >= 0.3 is 0 Å². The summed E-state index contributed by atoms with van der Waals surface area (Å²) in [6.45, 7) is 0. The Morgan fingerprint density at radius 2 is 1.59 bits per heavy atom. The van der Waals surface area contributed by atoms with Gasteiger partial charge in [-0.05, 0) is 12.1 Å². The Balaban J connectivity index is 1.85. The highest BCUT2D eigenvalue weighted by Crippen LogP contribution is 2.17. The Labute approximate surface area is 128 Å². The smallest absolute Gasteiger partial charge is 0.229 e. The van der Waals surface area contributed by atoms with Gasteiger partial charge in [-0.2, -0.15) is 4.98 Å². The Bertz CT molecular complexity index is 785. The summed E-state index contributed by atoms with van der Waals surface area (Å²) < 4.78 is 0. The molecule has 0 aliphatic carbocycles. The van der Waals surface area contributed by atoms with Crippen molar-refractivity contribution in [3.05, 3.63) is 78.0 Å². The van der Waals surface area contributed by atoms with Crippen LogP contribution < -0.4 is 11.1 Å². The molecule has 5 heteroatoms. The Kier molecular flexibility index (Phi) is 3.78. The van der Waals surface area contributed by atoms with Gasteiger partial charge in [-0.25, -0.2) is 4.98 Å². The topological polar surface area (TPSA) is 87.7 Å². The highest BCUT2D eigenvalue weighted by Gasteiger charge is 2.11. The van der Waals surface area contributed by atoms with E-state index in [9.17, 15) is 0 Å². The number of aromatic nitrogens is 2. The lowest BCUT2D eigenvalue weighted by molar-refractivity contribution is 1.16. The van der Waals surface area contributed by atoms with Crippen LogP contribution in [0.2, 0.25) is 0 Å². The molecule has 4 N–H and O–H groups in total. The second kappa shape index (κ2) is 6.05. The van der Waals surface area contributed by atoms with Crippen molar-refractivity contribution in [2.45, 2.75) is 0 Å². The number of nitrogen functional groups attached to an aromatic ring is 1. The van der Waals surface area contributed by atoms with Gasteiger partial charge in [0.15, 0.2) is 0 Å². The fourth-order valence-corrected chi connectivity index (χ4v) is 2.06. The second-order valence-electron chi connectivity index (χ2n) is 4.72. The number of para-hydroxylation sites is 1. The van der Waals surface area contributed by atoms with Crippen molar-refractivity contribution in [3.63, 3.8) is 0 Å². The molecule has 3 aromatic rings. The fourth-order valence-electron chi connectivity index (χ4n) is 2.06. The van der Waals surface area contributed by atoms with E-state index in [4.69, 9.17) is 11.1 Å². The molecule has 0 radical (unpaired) electrons. The molecule has 3 rings (SSSR count). The number of nitrogens with zero attached hydrogens (tertiary/aromatic N) is 2. The first-order chi connectivity index (χ1) is 10.7. The van der Waals surface area contributed by atoms with Crippen molar-refractivity contribution < 1.29 is 0 Å². The number of rotatable bonds is 4. The van der Waals surface area contributed by atoms with Gasteiger partial charge in [0.1, 0.15) is 5.82 Å². The molecule has 0 fully saturated rings. The van der Waals surface area contributed by atoms with Crippen LogP contribution in [0.5, 0.6) is 0 Å². The summed E-state index contributed by atoms with van der Waals surface area (Å²) in [6, 6.07) is 19.0. The third kappa shape index (κ3) is 2.93. The molecule has 0 bridgehead atoms. The maximum absolute atomic E-state index is 8.22. The van der Waals surface area contributed by atoms with Gasteiger partial charge in [0, 0.05) is 17.4 Å². The minimum atomic E-state index is 0.280. The summed E-state index contributed by atoms with van der Waals surface area (Å²) in [5, 5.41) is 11.3. The normalized spacial score (nSPS) is 10.2. The quantitative estimate of drug-likeness (QED) is 0.643. The molecule has 108 valence electrons. The molecule has 1 aromatic heterocycles. The van der Waals surface area contributed by atoms with Crippen molar-refractivity contribution in [1.82, 2.24) is 9.97 Å². The average molecular weight is 289 g/mol. The molecule has 5 nitrogen and oxygen atoms in total. The van der Waals surface area contributed by atoms with E-state index in [2.05, 4.69) is 15.3 Å². The first-order valence-corrected chi connectivity index (χ1v) is 6.83. The van der Waals surface area contributed by atoms with E-state index in [0.29, 0.717) is 17.2 Å². The molecule has 0 saturated carbocycles. The largest absolute Gasteiger partial charge is 0.383 e. The molecule has 0 amide bonds. The highest BCUT2D eigenvalue weighted by molar-refractivity contribution is 6.13. The molecule has 0 spiro atoms. The first-order valence-electron chi connectivity index (χ1n) is 6.83. The monoisotopic (exact) mass is 289 g/mol. The molecular weight excluding hydrogens is 274 g/mol. The summed E-state index contributed by atoms with van der Waals surface area (Å²) in [7, 11) is 0. The molecule has 1 heterocycles. The van der Waals surface area contributed by atoms with Gasteiger partial charge < -0.3 is 11.1 Å². The molecular formula is C17H15N5. The molecule has 0 unspecified atom stereocenters. The lowest BCUT2D eigenvalue weighted by Crippen LogP contribution is -2.09. The minimum Gasteiger partial charge on any atom is -0.383 e. The standard InChI is InChI=1S/C17H15N5/c18-15(12-7-3-1-4-8-12)14-11-20-17(22-16(14)19)21-13-9-5-2-6-10-13/h1-11,18H,(H3,19,20,21,22). The minimum absolute atomic E-state index is 0.280. The summed E-state index contributed by atoms with van der Waals surface area (Å²) in [6.07, 6.45) is 1.57. The summed E-state index contributed by atoms with van der Waals surface area (Å²) in [5.41, 5.74) is 8.47. The number of hydrogen-bond donors (Lipinski definition) is 3. The Morgan fingerprint density at radius 3 is 2.23 bits per heavy atom. The first kappa shape index (κ1) is 13.8. The number of nitrogens with one attached hydrogen (secondary N) is 2.